The third kappa shape index (κ3) is 1.49. The number of halogens is 1. The summed E-state index contributed by atoms with van der Waals surface area (Å²) in [5.74, 6) is 0.600. The third-order valence-corrected chi connectivity index (χ3v) is 2.78. The summed E-state index contributed by atoms with van der Waals surface area (Å²) in [4.78, 5) is 13.7. The van der Waals surface area contributed by atoms with Gasteiger partial charge in [0.15, 0.2) is 6.29 Å². The Balaban J connectivity index is 2.78. The summed E-state index contributed by atoms with van der Waals surface area (Å²) in [5.41, 5.74) is 2.34. The molecule has 4 heteroatoms. The summed E-state index contributed by atoms with van der Waals surface area (Å²) >= 11 is 6.00. The highest BCUT2D eigenvalue weighted by atomic mass is 35.5. The van der Waals surface area contributed by atoms with Crippen LogP contribution in [0.2, 0.25) is 5.02 Å². The van der Waals surface area contributed by atoms with E-state index in [0.29, 0.717) is 16.5 Å². The van der Waals surface area contributed by atoms with E-state index in [4.69, 9.17) is 16.3 Å². The number of hydrogen-bond donors (Lipinski definition) is 1. The van der Waals surface area contributed by atoms with Gasteiger partial charge in [0.25, 0.3) is 0 Å². The number of H-pyrrole nitrogens is 1. The van der Waals surface area contributed by atoms with Crippen LogP contribution in [0.4, 0.5) is 0 Å². The molecule has 0 fully saturated rings. The van der Waals surface area contributed by atoms with Crippen LogP contribution in [-0.2, 0) is 0 Å². The molecule has 0 amide bonds. The van der Waals surface area contributed by atoms with Gasteiger partial charge < -0.3 is 9.72 Å². The van der Waals surface area contributed by atoms with E-state index in [1.54, 1.807) is 19.2 Å². The predicted octanol–water partition coefficient (Wildman–Crippen LogP) is 2.95. The molecule has 1 N–H and O–H groups in total. The number of aldehydes is 1. The number of hydrogen-bond acceptors (Lipinski definition) is 2. The largest absolute Gasteiger partial charge is 0.495 e. The van der Waals surface area contributed by atoms with Gasteiger partial charge in [-0.2, -0.15) is 0 Å². The lowest BCUT2D eigenvalue weighted by Gasteiger charge is -2.02. The molecule has 15 heavy (non-hydrogen) atoms. The molecule has 1 aromatic heterocycles. The van der Waals surface area contributed by atoms with E-state index in [-0.39, 0.29) is 0 Å². The molecular weight excluding hydrogens is 214 g/mol. The average Bonchev–Trinajstić information content (AvgIpc) is 2.54. The van der Waals surface area contributed by atoms with E-state index >= 15 is 0 Å². The molecule has 0 aliphatic heterocycles. The lowest BCUT2D eigenvalue weighted by atomic mass is 10.1. The second-order valence-corrected chi connectivity index (χ2v) is 3.72. The van der Waals surface area contributed by atoms with Crippen LogP contribution in [0, 0.1) is 6.92 Å². The van der Waals surface area contributed by atoms with Crippen molar-refractivity contribution < 1.29 is 9.53 Å². The number of aryl methyl sites for hydroxylation is 1. The quantitative estimate of drug-likeness (QED) is 0.796. The third-order valence-electron chi connectivity index (χ3n) is 2.49. The van der Waals surface area contributed by atoms with E-state index in [1.807, 2.05) is 6.92 Å². The molecule has 0 aliphatic carbocycles. The molecule has 0 spiro atoms. The van der Waals surface area contributed by atoms with Crippen molar-refractivity contribution in [3.05, 3.63) is 28.4 Å². The fourth-order valence-corrected chi connectivity index (χ4v) is 1.87. The first-order valence-electron chi connectivity index (χ1n) is 4.48. The molecule has 0 atom stereocenters. The van der Waals surface area contributed by atoms with Crippen LogP contribution in [-0.4, -0.2) is 18.4 Å². The Labute approximate surface area is 92.0 Å². The molecule has 0 bridgehead atoms. The molecule has 3 nitrogen and oxygen atoms in total. The Hall–Kier alpha value is -1.48. The number of nitrogens with one attached hydrogen (secondary N) is 1. The Morgan fingerprint density at radius 3 is 2.80 bits per heavy atom. The smallest absolute Gasteiger partial charge is 0.166 e. The van der Waals surface area contributed by atoms with Gasteiger partial charge in [-0.15, -0.1) is 0 Å². The number of carbonyl (C=O) groups excluding carboxylic acids is 1. The van der Waals surface area contributed by atoms with Crippen LogP contribution >= 0.6 is 11.6 Å². The second kappa shape index (κ2) is 3.59. The van der Waals surface area contributed by atoms with Crippen molar-refractivity contribution in [1.82, 2.24) is 4.98 Å². The van der Waals surface area contributed by atoms with E-state index in [9.17, 15) is 4.79 Å². The number of methoxy groups -OCH3 is 1. The van der Waals surface area contributed by atoms with Crippen LogP contribution in [0.1, 0.15) is 16.1 Å². The monoisotopic (exact) mass is 223 g/mol. The molecule has 78 valence electrons. The van der Waals surface area contributed by atoms with Crippen LogP contribution in [0.25, 0.3) is 10.9 Å². The fraction of sp³-hybridized carbons (Fsp3) is 0.182. The maximum atomic E-state index is 10.7. The minimum atomic E-state index is 0.546. The van der Waals surface area contributed by atoms with E-state index in [0.717, 1.165) is 22.8 Å². The maximum Gasteiger partial charge on any atom is 0.166 e. The first-order valence-corrected chi connectivity index (χ1v) is 4.86. The zero-order valence-electron chi connectivity index (χ0n) is 8.43. The highest BCUT2D eigenvalue weighted by Gasteiger charge is 2.10. The summed E-state index contributed by atoms with van der Waals surface area (Å²) in [6, 6.07) is 3.59. The van der Waals surface area contributed by atoms with Crippen molar-refractivity contribution in [2.45, 2.75) is 6.92 Å². The van der Waals surface area contributed by atoms with Crippen LogP contribution < -0.4 is 4.74 Å². The van der Waals surface area contributed by atoms with E-state index < -0.39 is 0 Å². The lowest BCUT2D eigenvalue weighted by molar-refractivity contribution is 0.111. The van der Waals surface area contributed by atoms with Gasteiger partial charge in [0.2, 0.25) is 0 Å². The van der Waals surface area contributed by atoms with E-state index in [1.165, 1.54) is 0 Å². The zero-order valence-corrected chi connectivity index (χ0v) is 9.18. The number of fused-ring (bicyclic) bond motifs is 1. The molecule has 2 aromatic rings. The molecule has 0 unspecified atom stereocenters. The van der Waals surface area contributed by atoms with Crippen molar-refractivity contribution in [1.29, 1.82) is 0 Å². The number of rotatable bonds is 2. The molecule has 2 rings (SSSR count). The van der Waals surface area contributed by atoms with Gasteiger partial charge in [0.05, 0.1) is 23.3 Å². The number of ether oxygens (including phenoxy) is 1. The minimum absolute atomic E-state index is 0.546. The van der Waals surface area contributed by atoms with Gasteiger partial charge >= 0.3 is 0 Å². The molecule has 0 saturated carbocycles. The number of aromatic amines is 1. The topological polar surface area (TPSA) is 42.1 Å². The molecule has 1 aromatic carbocycles. The Bertz CT molecular complexity index is 531. The standard InChI is InChI=1S/C11H10ClNO2/c1-6-7-3-8(12)11(15-2)4-9(7)13-10(6)5-14/h3-5,13H,1-2H3. The van der Waals surface area contributed by atoms with Crippen LogP contribution in [0.5, 0.6) is 5.75 Å². The van der Waals surface area contributed by atoms with Crippen LogP contribution in [0.15, 0.2) is 12.1 Å². The Kier molecular flexibility index (Phi) is 2.40. The van der Waals surface area contributed by atoms with Crippen molar-refractivity contribution in [2.24, 2.45) is 0 Å². The molecular formula is C11H10ClNO2. The average molecular weight is 224 g/mol. The van der Waals surface area contributed by atoms with Crippen molar-refractivity contribution in [2.75, 3.05) is 7.11 Å². The SMILES string of the molecule is COc1cc2[nH]c(C=O)c(C)c2cc1Cl. The lowest BCUT2D eigenvalue weighted by Crippen LogP contribution is -1.83. The predicted molar refractivity (Wildman–Crippen MR) is 60.0 cm³/mol. The molecule has 0 radical (unpaired) electrons. The highest BCUT2D eigenvalue weighted by molar-refractivity contribution is 6.33. The summed E-state index contributed by atoms with van der Waals surface area (Å²) in [6.45, 7) is 1.88. The van der Waals surface area contributed by atoms with Crippen molar-refractivity contribution >= 4 is 28.8 Å². The van der Waals surface area contributed by atoms with Gasteiger partial charge in [0, 0.05) is 11.5 Å². The normalized spacial score (nSPS) is 10.6. The molecule has 0 saturated heterocycles. The Morgan fingerprint density at radius 1 is 1.47 bits per heavy atom. The van der Waals surface area contributed by atoms with Gasteiger partial charge in [-0.05, 0) is 18.6 Å². The summed E-state index contributed by atoms with van der Waals surface area (Å²) < 4.78 is 5.10. The second-order valence-electron chi connectivity index (χ2n) is 3.31. The van der Waals surface area contributed by atoms with Gasteiger partial charge in [-0.25, -0.2) is 0 Å². The molecule has 0 aliphatic rings. The molecule has 1 heterocycles. The van der Waals surface area contributed by atoms with E-state index in [2.05, 4.69) is 4.98 Å². The summed E-state index contributed by atoms with van der Waals surface area (Å²) in [6.07, 6.45) is 0.801. The zero-order chi connectivity index (χ0) is 11.0. The maximum absolute atomic E-state index is 10.7. The van der Waals surface area contributed by atoms with Gasteiger partial charge in [0.1, 0.15) is 5.75 Å². The van der Waals surface area contributed by atoms with Crippen molar-refractivity contribution in [3.63, 3.8) is 0 Å². The first kappa shape index (κ1) is 10.1. The van der Waals surface area contributed by atoms with Crippen LogP contribution in [0.3, 0.4) is 0 Å². The summed E-state index contributed by atoms with van der Waals surface area (Å²) in [5, 5.41) is 1.49. The minimum Gasteiger partial charge on any atom is -0.495 e. The van der Waals surface area contributed by atoms with Gasteiger partial charge in [-0.3, -0.25) is 4.79 Å². The number of carbonyl (C=O) groups is 1. The Morgan fingerprint density at radius 2 is 2.20 bits per heavy atom. The first-order chi connectivity index (χ1) is 7.17. The van der Waals surface area contributed by atoms with Gasteiger partial charge in [-0.1, -0.05) is 11.6 Å². The van der Waals surface area contributed by atoms with Crippen molar-refractivity contribution in [3.8, 4) is 5.75 Å². The number of benzene rings is 1. The summed E-state index contributed by atoms with van der Waals surface area (Å²) in [7, 11) is 1.56. The fourth-order valence-electron chi connectivity index (χ4n) is 1.63. The number of aromatic nitrogens is 1. The highest BCUT2D eigenvalue weighted by Crippen LogP contribution is 2.31.